The summed E-state index contributed by atoms with van der Waals surface area (Å²) in [6.45, 7) is 10.1. The van der Waals surface area contributed by atoms with Crippen molar-refractivity contribution in [2.45, 2.75) is 81.0 Å². The molecule has 4 rings (SSSR count). The predicted molar refractivity (Wildman–Crippen MR) is 133 cm³/mol. The molecule has 0 radical (unpaired) electrons. The Labute approximate surface area is 206 Å². The van der Waals surface area contributed by atoms with Gasteiger partial charge in [-0.15, -0.1) is 11.8 Å². The summed E-state index contributed by atoms with van der Waals surface area (Å²) in [5.74, 6) is -1.63. The average molecular weight is 488 g/mol. The molecule has 0 aromatic heterocycles. The molecule has 2 bridgehead atoms. The number of aliphatic hydroxyl groups excluding tert-OH is 1. The molecule has 7 nitrogen and oxygen atoms in total. The minimum atomic E-state index is -0.766. The number of carbonyl (C=O) groups excluding carboxylic acids is 3. The third-order valence-corrected chi connectivity index (χ3v) is 9.47. The Morgan fingerprint density at radius 1 is 1.21 bits per heavy atom. The third-order valence-electron chi connectivity index (χ3n) is 7.49. The van der Waals surface area contributed by atoms with Gasteiger partial charge in [-0.25, -0.2) is 0 Å². The van der Waals surface area contributed by atoms with E-state index in [1.807, 2.05) is 58.0 Å². The summed E-state index contributed by atoms with van der Waals surface area (Å²) in [6.07, 6.45) is 2.27. The average Bonchev–Trinajstić information content (AvgIpc) is 3.33. The summed E-state index contributed by atoms with van der Waals surface area (Å²) < 4.78 is -1.09. The Hall–Kier alpha value is -2.06. The molecule has 3 aliphatic heterocycles. The monoisotopic (exact) mass is 487 g/mol. The summed E-state index contributed by atoms with van der Waals surface area (Å²) >= 11 is 1.65. The lowest BCUT2D eigenvalue weighted by Crippen LogP contribution is -2.57. The van der Waals surface area contributed by atoms with Crippen molar-refractivity contribution >= 4 is 29.5 Å². The maximum absolute atomic E-state index is 14.2. The molecule has 1 spiro atoms. The van der Waals surface area contributed by atoms with Gasteiger partial charge >= 0.3 is 0 Å². The van der Waals surface area contributed by atoms with Crippen LogP contribution in [0.2, 0.25) is 0 Å². The number of likely N-dealkylation sites (tertiary alicyclic amines) is 1. The number of amides is 3. The lowest BCUT2D eigenvalue weighted by atomic mass is 9.66. The molecule has 34 heavy (non-hydrogen) atoms. The summed E-state index contributed by atoms with van der Waals surface area (Å²) in [5.41, 5.74) is 0.298. The molecule has 3 fully saturated rings. The van der Waals surface area contributed by atoms with Crippen molar-refractivity contribution in [2.75, 3.05) is 13.2 Å². The maximum Gasteiger partial charge on any atom is 0.244 e. The van der Waals surface area contributed by atoms with Crippen LogP contribution >= 0.6 is 11.8 Å². The molecular formula is C26H37N3O4S. The highest BCUT2D eigenvalue weighted by Gasteiger charge is 2.77. The van der Waals surface area contributed by atoms with E-state index in [0.717, 1.165) is 18.4 Å². The van der Waals surface area contributed by atoms with E-state index in [-0.39, 0.29) is 24.3 Å². The SMILES string of the molecule is CCCNC(=O)[C@@H]1[C@H]2C(=O)N([C@H](CO)c3ccccc3)C(C(=O)NC(C)(C)C)C23CC[C@@]1(C)S3. The number of nitrogens with zero attached hydrogens (tertiary/aromatic N) is 1. The van der Waals surface area contributed by atoms with Gasteiger partial charge in [-0.1, -0.05) is 37.3 Å². The molecule has 8 heteroatoms. The van der Waals surface area contributed by atoms with Gasteiger partial charge in [0.05, 0.1) is 29.2 Å². The molecular weight excluding hydrogens is 450 g/mol. The van der Waals surface area contributed by atoms with Crippen molar-refractivity contribution in [3.05, 3.63) is 35.9 Å². The van der Waals surface area contributed by atoms with E-state index in [1.165, 1.54) is 0 Å². The van der Waals surface area contributed by atoms with E-state index in [2.05, 4.69) is 17.6 Å². The quantitative estimate of drug-likeness (QED) is 0.549. The molecule has 1 aromatic carbocycles. The van der Waals surface area contributed by atoms with Crippen LogP contribution in [0.4, 0.5) is 0 Å². The fourth-order valence-corrected chi connectivity index (χ4v) is 8.57. The van der Waals surface area contributed by atoms with E-state index < -0.39 is 39.0 Å². The van der Waals surface area contributed by atoms with Crippen LogP contribution < -0.4 is 10.6 Å². The zero-order valence-corrected chi connectivity index (χ0v) is 21.6. The van der Waals surface area contributed by atoms with Gasteiger partial charge in [0.1, 0.15) is 6.04 Å². The van der Waals surface area contributed by atoms with Gasteiger partial charge in [-0.05, 0) is 52.5 Å². The van der Waals surface area contributed by atoms with Gasteiger partial charge in [0.2, 0.25) is 17.7 Å². The lowest BCUT2D eigenvalue weighted by Gasteiger charge is -2.38. The second-order valence-electron chi connectivity index (χ2n) is 11.1. The number of rotatable bonds is 7. The maximum atomic E-state index is 14.2. The van der Waals surface area contributed by atoms with Gasteiger partial charge in [-0.3, -0.25) is 14.4 Å². The highest BCUT2D eigenvalue weighted by molar-refractivity contribution is 8.02. The Kier molecular flexibility index (Phi) is 6.53. The van der Waals surface area contributed by atoms with E-state index >= 15 is 0 Å². The summed E-state index contributed by atoms with van der Waals surface area (Å²) in [4.78, 5) is 43.0. The van der Waals surface area contributed by atoms with Crippen molar-refractivity contribution in [1.82, 2.24) is 15.5 Å². The number of nitrogens with one attached hydrogen (secondary N) is 2. The summed E-state index contributed by atoms with van der Waals surface area (Å²) in [5, 5.41) is 16.6. The largest absolute Gasteiger partial charge is 0.394 e. The smallest absolute Gasteiger partial charge is 0.244 e. The molecule has 3 aliphatic rings. The first-order valence-electron chi connectivity index (χ1n) is 12.3. The Bertz CT molecular complexity index is 965. The number of hydrogen-bond donors (Lipinski definition) is 3. The highest BCUT2D eigenvalue weighted by Crippen LogP contribution is 2.72. The molecule has 0 saturated carbocycles. The van der Waals surface area contributed by atoms with Crippen LogP contribution in [0.15, 0.2) is 30.3 Å². The van der Waals surface area contributed by atoms with Crippen LogP contribution in [0.5, 0.6) is 0 Å². The van der Waals surface area contributed by atoms with E-state index in [1.54, 1.807) is 16.7 Å². The molecule has 3 saturated heterocycles. The van der Waals surface area contributed by atoms with Crippen LogP contribution in [-0.2, 0) is 14.4 Å². The van der Waals surface area contributed by atoms with Crippen molar-refractivity contribution in [2.24, 2.45) is 11.8 Å². The second kappa shape index (κ2) is 8.86. The van der Waals surface area contributed by atoms with Crippen LogP contribution in [0.1, 0.15) is 65.5 Å². The Balaban J connectivity index is 1.82. The number of fused-ring (bicyclic) bond motifs is 1. The van der Waals surface area contributed by atoms with Crippen molar-refractivity contribution < 1.29 is 19.5 Å². The molecule has 3 heterocycles. The first kappa shape index (κ1) is 25.0. The topological polar surface area (TPSA) is 98.7 Å². The zero-order valence-electron chi connectivity index (χ0n) is 20.8. The van der Waals surface area contributed by atoms with Gasteiger partial charge < -0.3 is 20.6 Å². The standard InChI is InChI=1S/C26H37N3O4S/c1-6-14-27-21(31)18-19-23(33)29(17(15-30)16-10-8-7-9-11-16)20(22(32)28-24(2,3)4)26(19)13-12-25(18,5)34-26/h7-11,17-20,30H,6,12-15H2,1-5H3,(H,27,31)(H,28,32)/t17-,18+,19+,20?,25-,26?/m1/s1. The predicted octanol–water partition coefficient (Wildman–Crippen LogP) is 2.64. The minimum absolute atomic E-state index is 0.103. The van der Waals surface area contributed by atoms with Crippen LogP contribution in [-0.4, -0.2) is 62.0 Å². The molecule has 1 aromatic rings. The molecule has 3 N–H and O–H groups in total. The van der Waals surface area contributed by atoms with Gasteiger partial charge in [0, 0.05) is 16.8 Å². The third kappa shape index (κ3) is 3.92. The molecule has 6 atom stereocenters. The fraction of sp³-hybridized carbons (Fsp3) is 0.654. The molecule has 2 unspecified atom stereocenters. The Morgan fingerprint density at radius 3 is 2.47 bits per heavy atom. The zero-order chi connectivity index (χ0) is 24.9. The normalized spacial score (nSPS) is 33.1. The van der Waals surface area contributed by atoms with Crippen LogP contribution in [0.3, 0.4) is 0 Å². The number of hydrogen-bond acceptors (Lipinski definition) is 5. The van der Waals surface area contributed by atoms with E-state index in [0.29, 0.717) is 13.0 Å². The second-order valence-corrected chi connectivity index (χ2v) is 13.0. The number of thioether (sulfide) groups is 1. The number of benzene rings is 1. The van der Waals surface area contributed by atoms with Gasteiger partial charge in [0.15, 0.2) is 0 Å². The highest BCUT2D eigenvalue weighted by atomic mass is 32.2. The molecule has 3 amide bonds. The molecule has 0 aliphatic carbocycles. The molecule has 186 valence electrons. The fourth-order valence-electron chi connectivity index (χ4n) is 6.23. The van der Waals surface area contributed by atoms with Crippen molar-refractivity contribution in [1.29, 1.82) is 0 Å². The minimum Gasteiger partial charge on any atom is -0.394 e. The van der Waals surface area contributed by atoms with Gasteiger partial charge in [-0.2, -0.15) is 0 Å². The van der Waals surface area contributed by atoms with Crippen molar-refractivity contribution in [3.63, 3.8) is 0 Å². The van der Waals surface area contributed by atoms with Crippen molar-refractivity contribution in [3.8, 4) is 0 Å². The van der Waals surface area contributed by atoms with Crippen LogP contribution in [0, 0.1) is 11.8 Å². The number of aliphatic hydroxyl groups is 1. The lowest BCUT2D eigenvalue weighted by molar-refractivity contribution is -0.143. The first-order chi connectivity index (χ1) is 16.0. The first-order valence-corrected chi connectivity index (χ1v) is 13.1. The van der Waals surface area contributed by atoms with Crippen LogP contribution in [0.25, 0.3) is 0 Å². The van der Waals surface area contributed by atoms with E-state index in [9.17, 15) is 19.5 Å². The summed E-state index contributed by atoms with van der Waals surface area (Å²) in [7, 11) is 0. The van der Waals surface area contributed by atoms with Gasteiger partial charge in [0.25, 0.3) is 0 Å². The summed E-state index contributed by atoms with van der Waals surface area (Å²) in [6, 6.07) is 7.93. The Morgan fingerprint density at radius 2 is 1.88 bits per heavy atom. The van der Waals surface area contributed by atoms with E-state index in [4.69, 9.17) is 0 Å². The number of carbonyl (C=O) groups is 3.